The van der Waals surface area contributed by atoms with Gasteiger partial charge >= 0.3 is 5.97 Å². The second-order valence-corrected chi connectivity index (χ2v) is 4.03. The first-order valence-corrected chi connectivity index (χ1v) is 6.45. The Kier molecular flexibility index (Phi) is 7.80. The van der Waals surface area contributed by atoms with Crippen molar-refractivity contribution in [2.75, 3.05) is 13.2 Å². The Morgan fingerprint density at radius 2 is 2.22 bits per heavy atom. The van der Waals surface area contributed by atoms with Crippen molar-refractivity contribution in [3.05, 3.63) is 30.1 Å². The molecule has 0 saturated carbocycles. The lowest BCUT2D eigenvalue weighted by Gasteiger charge is -2.04. The van der Waals surface area contributed by atoms with Crippen LogP contribution < -0.4 is 0 Å². The summed E-state index contributed by atoms with van der Waals surface area (Å²) in [7, 11) is 0. The molecule has 4 heteroatoms. The van der Waals surface area contributed by atoms with Gasteiger partial charge in [0, 0.05) is 25.4 Å². The largest absolute Gasteiger partial charge is 0.466 e. The zero-order valence-electron chi connectivity index (χ0n) is 10.9. The summed E-state index contributed by atoms with van der Waals surface area (Å²) >= 11 is 0. The molecule has 0 radical (unpaired) electrons. The van der Waals surface area contributed by atoms with Gasteiger partial charge in [0.1, 0.15) is 0 Å². The van der Waals surface area contributed by atoms with E-state index in [-0.39, 0.29) is 5.97 Å². The first-order chi connectivity index (χ1) is 8.83. The summed E-state index contributed by atoms with van der Waals surface area (Å²) in [6.45, 7) is 3.61. The molecule has 4 nitrogen and oxygen atoms in total. The third-order valence-electron chi connectivity index (χ3n) is 2.47. The van der Waals surface area contributed by atoms with E-state index in [0.29, 0.717) is 19.6 Å². The second kappa shape index (κ2) is 9.59. The van der Waals surface area contributed by atoms with Gasteiger partial charge in [-0.1, -0.05) is 12.5 Å². The number of hydrogen-bond donors (Lipinski definition) is 0. The number of carbonyl (C=O) groups is 1. The lowest BCUT2D eigenvalue weighted by Crippen LogP contribution is -2.03. The van der Waals surface area contributed by atoms with E-state index in [1.807, 2.05) is 19.1 Å². The van der Waals surface area contributed by atoms with Crippen LogP contribution in [0, 0.1) is 0 Å². The van der Waals surface area contributed by atoms with Crippen molar-refractivity contribution < 1.29 is 14.3 Å². The van der Waals surface area contributed by atoms with E-state index < -0.39 is 0 Å². The fourth-order valence-corrected chi connectivity index (χ4v) is 1.56. The Morgan fingerprint density at radius 1 is 1.33 bits per heavy atom. The summed E-state index contributed by atoms with van der Waals surface area (Å²) in [5, 5.41) is 0. The summed E-state index contributed by atoms with van der Waals surface area (Å²) in [5.74, 6) is -0.103. The molecule has 0 spiro atoms. The number of ether oxygens (including phenoxy) is 2. The number of aromatic nitrogens is 1. The number of esters is 1. The molecule has 0 aromatic carbocycles. The fourth-order valence-electron chi connectivity index (χ4n) is 1.56. The van der Waals surface area contributed by atoms with Gasteiger partial charge < -0.3 is 9.47 Å². The van der Waals surface area contributed by atoms with Crippen LogP contribution in [0.1, 0.15) is 38.2 Å². The highest BCUT2D eigenvalue weighted by atomic mass is 16.5. The van der Waals surface area contributed by atoms with E-state index in [1.54, 1.807) is 12.4 Å². The van der Waals surface area contributed by atoms with Crippen LogP contribution in [0.2, 0.25) is 0 Å². The zero-order valence-corrected chi connectivity index (χ0v) is 10.9. The van der Waals surface area contributed by atoms with Crippen LogP contribution in [0.25, 0.3) is 0 Å². The topological polar surface area (TPSA) is 48.4 Å². The van der Waals surface area contributed by atoms with Gasteiger partial charge in [-0.15, -0.1) is 0 Å². The predicted molar refractivity (Wildman–Crippen MR) is 69.0 cm³/mol. The van der Waals surface area contributed by atoms with Crippen molar-refractivity contribution >= 4 is 5.97 Å². The van der Waals surface area contributed by atoms with Crippen LogP contribution in [0.3, 0.4) is 0 Å². The molecule has 0 aliphatic carbocycles. The molecule has 0 unspecified atom stereocenters. The van der Waals surface area contributed by atoms with Crippen molar-refractivity contribution in [3.63, 3.8) is 0 Å². The van der Waals surface area contributed by atoms with Crippen molar-refractivity contribution in [3.8, 4) is 0 Å². The SMILES string of the molecule is CCOC(=O)CCCCCOCc1cccnc1. The Bertz CT molecular complexity index is 327. The van der Waals surface area contributed by atoms with Crippen molar-refractivity contribution in [1.82, 2.24) is 4.98 Å². The van der Waals surface area contributed by atoms with Gasteiger partial charge in [0.15, 0.2) is 0 Å². The Morgan fingerprint density at radius 3 is 2.94 bits per heavy atom. The lowest BCUT2D eigenvalue weighted by atomic mass is 10.2. The molecule has 0 atom stereocenters. The minimum atomic E-state index is -0.103. The van der Waals surface area contributed by atoms with Gasteiger partial charge in [0.2, 0.25) is 0 Å². The molecule has 100 valence electrons. The van der Waals surface area contributed by atoms with Gasteiger partial charge in [-0.2, -0.15) is 0 Å². The number of carbonyl (C=O) groups excluding carboxylic acids is 1. The highest BCUT2D eigenvalue weighted by molar-refractivity contribution is 5.69. The maximum Gasteiger partial charge on any atom is 0.305 e. The number of pyridine rings is 1. The quantitative estimate of drug-likeness (QED) is 0.500. The van der Waals surface area contributed by atoms with Crippen LogP contribution >= 0.6 is 0 Å². The summed E-state index contributed by atoms with van der Waals surface area (Å²) in [6, 6.07) is 3.89. The van der Waals surface area contributed by atoms with E-state index >= 15 is 0 Å². The molecule has 1 aromatic rings. The summed E-state index contributed by atoms with van der Waals surface area (Å²) < 4.78 is 10.4. The highest BCUT2D eigenvalue weighted by Gasteiger charge is 2.00. The Hall–Kier alpha value is -1.42. The Labute approximate surface area is 108 Å². The Balaban J connectivity index is 1.92. The first-order valence-electron chi connectivity index (χ1n) is 6.45. The minimum absolute atomic E-state index is 0.103. The molecule has 1 heterocycles. The van der Waals surface area contributed by atoms with Gasteiger partial charge in [0.25, 0.3) is 0 Å². The van der Waals surface area contributed by atoms with Crippen molar-refractivity contribution in [2.24, 2.45) is 0 Å². The molecular formula is C14H21NO3. The van der Waals surface area contributed by atoms with Crippen molar-refractivity contribution in [2.45, 2.75) is 39.2 Å². The van der Waals surface area contributed by atoms with Crippen molar-refractivity contribution in [1.29, 1.82) is 0 Å². The summed E-state index contributed by atoms with van der Waals surface area (Å²) in [4.78, 5) is 15.1. The van der Waals surface area contributed by atoms with E-state index in [1.165, 1.54) is 0 Å². The fraction of sp³-hybridized carbons (Fsp3) is 0.571. The van der Waals surface area contributed by atoms with E-state index in [0.717, 1.165) is 31.4 Å². The molecule has 0 aliphatic heterocycles. The molecule has 0 fully saturated rings. The molecule has 0 amide bonds. The molecule has 18 heavy (non-hydrogen) atoms. The molecule has 1 rings (SSSR count). The maximum absolute atomic E-state index is 11.1. The molecule has 0 N–H and O–H groups in total. The molecule has 1 aromatic heterocycles. The van der Waals surface area contributed by atoms with E-state index in [2.05, 4.69) is 4.98 Å². The van der Waals surface area contributed by atoms with Gasteiger partial charge in [-0.05, 0) is 31.4 Å². The number of rotatable bonds is 9. The lowest BCUT2D eigenvalue weighted by molar-refractivity contribution is -0.143. The van der Waals surface area contributed by atoms with Crippen LogP contribution in [0.4, 0.5) is 0 Å². The third-order valence-corrected chi connectivity index (χ3v) is 2.47. The van der Waals surface area contributed by atoms with Gasteiger partial charge in [-0.25, -0.2) is 0 Å². The average Bonchev–Trinajstić information content (AvgIpc) is 2.39. The van der Waals surface area contributed by atoms with Gasteiger partial charge in [0.05, 0.1) is 13.2 Å². The van der Waals surface area contributed by atoms with Crippen LogP contribution in [0.5, 0.6) is 0 Å². The average molecular weight is 251 g/mol. The van der Waals surface area contributed by atoms with Crippen LogP contribution in [-0.4, -0.2) is 24.2 Å². The highest BCUT2D eigenvalue weighted by Crippen LogP contribution is 2.03. The monoisotopic (exact) mass is 251 g/mol. The van der Waals surface area contributed by atoms with E-state index in [9.17, 15) is 4.79 Å². The molecular weight excluding hydrogens is 230 g/mol. The van der Waals surface area contributed by atoms with Gasteiger partial charge in [-0.3, -0.25) is 9.78 Å². The van der Waals surface area contributed by atoms with Crippen LogP contribution in [0.15, 0.2) is 24.5 Å². The third kappa shape index (κ3) is 7.01. The van der Waals surface area contributed by atoms with Crippen LogP contribution in [-0.2, 0) is 20.9 Å². The predicted octanol–water partition coefficient (Wildman–Crippen LogP) is 2.72. The second-order valence-electron chi connectivity index (χ2n) is 4.03. The molecule has 0 bridgehead atoms. The number of hydrogen-bond acceptors (Lipinski definition) is 4. The maximum atomic E-state index is 11.1. The molecule has 0 saturated heterocycles. The summed E-state index contributed by atoms with van der Waals surface area (Å²) in [5.41, 5.74) is 1.09. The first kappa shape index (κ1) is 14.6. The minimum Gasteiger partial charge on any atom is -0.466 e. The summed E-state index contributed by atoms with van der Waals surface area (Å²) in [6.07, 6.45) is 6.90. The molecule has 0 aliphatic rings. The normalized spacial score (nSPS) is 10.3. The number of unbranched alkanes of at least 4 members (excludes halogenated alkanes) is 2. The van der Waals surface area contributed by atoms with E-state index in [4.69, 9.17) is 9.47 Å². The number of nitrogens with zero attached hydrogens (tertiary/aromatic N) is 1. The zero-order chi connectivity index (χ0) is 13.1. The standard InChI is InChI=1S/C14H21NO3/c1-2-18-14(16)8-4-3-5-10-17-12-13-7-6-9-15-11-13/h6-7,9,11H,2-5,8,10,12H2,1H3. The smallest absolute Gasteiger partial charge is 0.305 e.